The van der Waals surface area contributed by atoms with Crippen LogP contribution in [0.15, 0.2) is 0 Å². The number of hydrogen-bond donors (Lipinski definition) is 0. The van der Waals surface area contributed by atoms with Gasteiger partial charge in [0.2, 0.25) is 0 Å². The van der Waals surface area contributed by atoms with Gasteiger partial charge in [-0.2, -0.15) is 0 Å². The zero-order valence-electron chi connectivity index (χ0n) is 2.42. The van der Waals surface area contributed by atoms with Gasteiger partial charge in [-0.1, -0.05) is 0 Å². The van der Waals surface area contributed by atoms with Crippen LogP contribution in [0, 0.1) is 0 Å². The number of rotatable bonds is 0. The van der Waals surface area contributed by atoms with Gasteiger partial charge in [-0.05, 0) is 0 Å². The molecule has 0 fully saturated rings. The molecule has 0 aromatic heterocycles. The van der Waals surface area contributed by atoms with Gasteiger partial charge in [0.1, 0.15) is 0 Å². The minimum atomic E-state index is 0. The van der Waals surface area contributed by atoms with E-state index in [2.05, 4.69) is 0 Å². The monoisotopic (exact) mass is 495 g/mol. The van der Waals surface area contributed by atoms with Crippen molar-refractivity contribution in [1.82, 2.24) is 0 Å². The maximum atomic E-state index is 0. The minimum Gasteiger partial charge on any atom is 0 e. The van der Waals surface area contributed by atoms with Gasteiger partial charge in [0.05, 0.1) is 0 Å². The summed E-state index contributed by atoms with van der Waals surface area (Å²) in [5.41, 5.74) is 0. The Morgan fingerprint density at radius 1 is 1.00 bits per heavy atom. The van der Waals surface area contributed by atoms with Crippen LogP contribution < -0.4 is 0 Å². The van der Waals surface area contributed by atoms with E-state index in [0.29, 0.717) is 0 Å². The van der Waals surface area contributed by atoms with Gasteiger partial charge in [0, 0.05) is 69.2 Å². The molecule has 0 N–H and O–H groups in total. The molecule has 0 spiro atoms. The molecule has 0 amide bonds. The molecule has 0 aliphatic heterocycles. The molecule has 4 heteroatoms. The van der Waals surface area contributed by atoms with Crippen molar-refractivity contribution in [3.05, 3.63) is 0 Å². The van der Waals surface area contributed by atoms with E-state index in [4.69, 9.17) is 0 Å². The first-order valence-corrected chi connectivity index (χ1v) is 0. The van der Waals surface area contributed by atoms with Gasteiger partial charge in [-0.15, -0.1) is 0 Å². The van der Waals surface area contributed by atoms with Gasteiger partial charge in [0.15, 0.2) is 0 Å². The Hall–Kier alpha value is 3.21. The largest absolute Gasteiger partial charge is 0 e. The summed E-state index contributed by atoms with van der Waals surface area (Å²) in [4.78, 5) is 0. The molecule has 3 radical (unpaired) electrons. The normalized spacial score (nSPS) is 0. The third-order valence-electron chi connectivity index (χ3n) is 0. The summed E-state index contributed by atoms with van der Waals surface area (Å²) in [5, 5.41) is 0. The second kappa shape index (κ2) is 16.4. The SMILES string of the molecule is [Ag].[Cd].[PbH2].[Zn]. The van der Waals surface area contributed by atoms with Crippen molar-refractivity contribution in [2.75, 3.05) is 0 Å². The van der Waals surface area contributed by atoms with Gasteiger partial charge in [0.25, 0.3) is 0 Å². The minimum absolute atomic E-state index is 0. The van der Waals surface area contributed by atoms with E-state index < -0.39 is 0 Å². The summed E-state index contributed by atoms with van der Waals surface area (Å²) in [6.45, 7) is 0. The van der Waals surface area contributed by atoms with Crippen molar-refractivity contribution in [2.24, 2.45) is 0 Å². The second-order valence-corrected chi connectivity index (χ2v) is 0. The first-order chi connectivity index (χ1) is 0. The third kappa shape index (κ3) is 8.96. The fraction of sp³-hybridized carbons (Fsp3) is 0. The smallest absolute Gasteiger partial charge is 0 e. The standard InChI is InChI=1S/Ag.Cd.Pb.Zn.2H. The van der Waals surface area contributed by atoms with Crippen molar-refractivity contribution in [3.8, 4) is 0 Å². The molecule has 0 bridgehead atoms. The quantitative estimate of drug-likeness (QED) is 0.382. The van der Waals surface area contributed by atoms with Crippen molar-refractivity contribution in [3.63, 3.8) is 0 Å². The molecule has 0 saturated heterocycles. The Morgan fingerprint density at radius 3 is 1.00 bits per heavy atom. The van der Waals surface area contributed by atoms with E-state index in [1.165, 1.54) is 0 Å². The Labute approximate surface area is 94.5 Å². The molecule has 0 heterocycles. The molecule has 4 heavy (non-hydrogen) atoms. The van der Waals surface area contributed by atoms with Crippen LogP contribution in [-0.2, 0) is 69.2 Å². The molecule has 21 valence electrons. The summed E-state index contributed by atoms with van der Waals surface area (Å²) in [5.74, 6) is 0. The zero-order chi connectivity index (χ0) is 0. The molecule has 0 rings (SSSR count). The van der Waals surface area contributed by atoms with E-state index in [-0.39, 0.29) is 96.5 Å². The fourth-order valence-corrected chi connectivity index (χ4v) is 0. The van der Waals surface area contributed by atoms with Crippen LogP contribution in [0.1, 0.15) is 0 Å². The van der Waals surface area contributed by atoms with Gasteiger partial charge in [-0.25, -0.2) is 0 Å². The van der Waals surface area contributed by atoms with Gasteiger partial charge < -0.3 is 0 Å². The Morgan fingerprint density at radius 2 is 1.00 bits per heavy atom. The molecule has 0 nitrogen and oxygen atoms in total. The summed E-state index contributed by atoms with van der Waals surface area (Å²) in [6, 6.07) is 0. The molecule has 0 aliphatic rings. The molecule has 0 aromatic rings. The van der Waals surface area contributed by atoms with Crippen molar-refractivity contribution in [1.29, 1.82) is 0 Å². The van der Waals surface area contributed by atoms with Crippen molar-refractivity contribution in [2.45, 2.75) is 0 Å². The molecule has 0 aromatic carbocycles. The van der Waals surface area contributed by atoms with Crippen LogP contribution in [0.25, 0.3) is 0 Å². The van der Waals surface area contributed by atoms with E-state index >= 15 is 0 Å². The van der Waals surface area contributed by atoms with E-state index in [9.17, 15) is 0 Å². The average molecular weight is 495 g/mol. The van der Waals surface area contributed by atoms with E-state index in [1.807, 2.05) is 0 Å². The molecular formula is H2AgCdPbZn. The molecular weight excluding hydrogens is 493 g/mol. The van der Waals surface area contributed by atoms with Crippen LogP contribution in [0.2, 0.25) is 0 Å². The number of hydrogen-bond acceptors (Lipinski definition) is 0. The predicted octanol–water partition coefficient (Wildman–Crippen LogP) is -0.924. The Kier molecular flexibility index (Phi) is 110. The Balaban J connectivity index is 0. The summed E-state index contributed by atoms with van der Waals surface area (Å²) in [7, 11) is 0. The Bertz CT molecular complexity index is 8.00. The van der Waals surface area contributed by atoms with Crippen molar-refractivity contribution < 1.29 is 69.2 Å². The maximum Gasteiger partial charge on any atom is 0 e. The second-order valence-electron chi connectivity index (χ2n) is 0. The van der Waals surface area contributed by atoms with Crippen LogP contribution in [0.5, 0.6) is 0 Å². The van der Waals surface area contributed by atoms with Gasteiger partial charge in [-0.3, -0.25) is 0 Å². The topological polar surface area (TPSA) is 0 Å². The summed E-state index contributed by atoms with van der Waals surface area (Å²) in [6.07, 6.45) is 0. The first kappa shape index (κ1) is 27.0. The van der Waals surface area contributed by atoms with Crippen LogP contribution in [-0.4, -0.2) is 27.3 Å². The molecule has 0 atom stereocenters. The van der Waals surface area contributed by atoms with Crippen LogP contribution >= 0.6 is 0 Å². The van der Waals surface area contributed by atoms with Gasteiger partial charge >= 0.3 is 27.3 Å². The average Bonchev–Trinajstić information content (AvgIpc) is 0. The third-order valence-corrected chi connectivity index (χ3v) is 0. The van der Waals surface area contributed by atoms with Crippen molar-refractivity contribution >= 4 is 27.3 Å². The van der Waals surface area contributed by atoms with E-state index in [1.54, 1.807) is 0 Å². The molecule has 0 saturated carbocycles. The van der Waals surface area contributed by atoms with Crippen LogP contribution in [0.4, 0.5) is 0 Å². The maximum absolute atomic E-state index is 0. The van der Waals surface area contributed by atoms with E-state index in [0.717, 1.165) is 0 Å². The van der Waals surface area contributed by atoms with Crippen LogP contribution in [0.3, 0.4) is 0 Å². The predicted molar refractivity (Wildman–Crippen MR) is 8.54 cm³/mol. The first-order valence-electron chi connectivity index (χ1n) is 0. The molecule has 0 unspecified atom stereocenters. The molecule has 0 aliphatic carbocycles. The summed E-state index contributed by atoms with van der Waals surface area (Å²) >= 11 is 0. The fourth-order valence-electron chi connectivity index (χ4n) is 0. The summed E-state index contributed by atoms with van der Waals surface area (Å²) < 4.78 is 0. The zero-order valence-corrected chi connectivity index (χ0v) is 16.4.